The van der Waals surface area contributed by atoms with Crippen molar-refractivity contribution in [3.63, 3.8) is 0 Å². The van der Waals surface area contributed by atoms with Crippen molar-refractivity contribution in [2.75, 3.05) is 20.3 Å². The van der Waals surface area contributed by atoms with Crippen molar-refractivity contribution in [3.8, 4) is 23.0 Å². The summed E-state index contributed by atoms with van der Waals surface area (Å²) < 4.78 is 45.5. The van der Waals surface area contributed by atoms with Gasteiger partial charge in [0.2, 0.25) is 0 Å². The molecule has 0 saturated heterocycles. The summed E-state index contributed by atoms with van der Waals surface area (Å²) in [6.07, 6.45) is 3.65. The zero-order valence-corrected chi connectivity index (χ0v) is 14.6. The molecule has 1 heterocycles. The zero-order valence-electron chi connectivity index (χ0n) is 14.6. The highest BCUT2D eigenvalue weighted by Gasteiger charge is 2.13. The molecule has 3 rings (SSSR count). The molecule has 142 valence electrons. The lowest BCUT2D eigenvalue weighted by Crippen LogP contribution is -2.03. The number of ether oxygens (including phenoxy) is 4. The van der Waals surface area contributed by atoms with Crippen LogP contribution in [0, 0.1) is 0 Å². The van der Waals surface area contributed by atoms with Crippen LogP contribution in [0.15, 0.2) is 42.5 Å². The zero-order chi connectivity index (χ0) is 19.2. The van der Waals surface area contributed by atoms with Gasteiger partial charge in [0.1, 0.15) is 0 Å². The van der Waals surface area contributed by atoms with Crippen LogP contribution >= 0.6 is 0 Å². The van der Waals surface area contributed by atoms with Gasteiger partial charge in [-0.15, -0.1) is 0 Å². The van der Waals surface area contributed by atoms with Gasteiger partial charge in [0, 0.05) is 12.0 Å². The van der Waals surface area contributed by atoms with Crippen molar-refractivity contribution in [2.24, 2.45) is 0 Å². The Balaban J connectivity index is 1.77. The highest BCUT2D eigenvalue weighted by molar-refractivity contribution is 6.07. The highest BCUT2D eigenvalue weighted by Crippen LogP contribution is 2.31. The maximum absolute atomic E-state index is 12.5. The van der Waals surface area contributed by atoms with E-state index in [1.165, 1.54) is 31.4 Å². The first-order chi connectivity index (χ1) is 13.1. The summed E-state index contributed by atoms with van der Waals surface area (Å²) in [6, 6.07) is 9.49. The number of methoxy groups -OCH3 is 1. The van der Waals surface area contributed by atoms with E-state index in [4.69, 9.17) is 14.2 Å². The number of benzene rings is 2. The van der Waals surface area contributed by atoms with Gasteiger partial charge in [0.25, 0.3) is 0 Å². The first-order valence-corrected chi connectivity index (χ1v) is 8.32. The standard InChI is InChI=1S/C20H18F2O5/c1-24-16-7-4-13(11-19(16)27-20(21)22)3-6-15(23)14-5-8-17-18(12-14)26-10-2-9-25-17/h3-8,11-12,20H,2,9-10H2,1H3/b6-3+. The molecule has 1 aliphatic rings. The van der Waals surface area contributed by atoms with Gasteiger partial charge in [-0.3, -0.25) is 4.79 Å². The molecule has 0 saturated carbocycles. The lowest BCUT2D eigenvalue weighted by atomic mass is 10.1. The van der Waals surface area contributed by atoms with Crippen LogP contribution in [0.1, 0.15) is 22.3 Å². The molecule has 0 unspecified atom stereocenters. The van der Waals surface area contributed by atoms with Gasteiger partial charge in [-0.2, -0.15) is 8.78 Å². The summed E-state index contributed by atoms with van der Waals surface area (Å²) >= 11 is 0. The van der Waals surface area contributed by atoms with E-state index in [1.54, 1.807) is 24.3 Å². The third-order valence-corrected chi connectivity index (χ3v) is 3.86. The van der Waals surface area contributed by atoms with Crippen LogP contribution in [0.5, 0.6) is 23.0 Å². The molecule has 0 atom stereocenters. The SMILES string of the molecule is COc1ccc(/C=C/C(=O)c2ccc3c(c2)OCCCO3)cc1OC(F)F. The topological polar surface area (TPSA) is 54.0 Å². The lowest BCUT2D eigenvalue weighted by molar-refractivity contribution is -0.0512. The summed E-state index contributed by atoms with van der Waals surface area (Å²) in [4.78, 5) is 12.4. The number of fused-ring (bicyclic) bond motifs is 1. The van der Waals surface area contributed by atoms with Gasteiger partial charge in [-0.1, -0.05) is 12.1 Å². The summed E-state index contributed by atoms with van der Waals surface area (Å²) in [5, 5.41) is 0. The van der Waals surface area contributed by atoms with E-state index in [0.29, 0.717) is 35.8 Å². The summed E-state index contributed by atoms with van der Waals surface area (Å²) in [7, 11) is 1.36. The van der Waals surface area contributed by atoms with Crippen molar-refractivity contribution in [3.05, 3.63) is 53.6 Å². The van der Waals surface area contributed by atoms with Gasteiger partial charge >= 0.3 is 6.61 Å². The number of hydrogen-bond donors (Lipinski definition) is 0. The van der Waals surface area contributed by atoms with Crippen LogP contribution in [0.3, 0.4) is 0 Å². The second-order valence-corrected chi connectivity index (χ2v) is 5.70. The Bertz CT molecular complexity index is 848. The van der Waals surface area contributed by atoms with Crippen LogP contribution in [0.2, 0.25) is 0 Å². The number of halogens is 2. The van der Waals surface area contributed by atoms with Crippen molar-refractivity contribution >= 4 is 11.9 Å². The lowest BCUT2D eigenvalue weighted by Gasteiger charge is -2.10. The number of carbonyl (C=O) groups is 1. The van der Waals surface area contributed by atoms with Crippen LogP contribution in [0.25, 0.3) is 6.08 Å². The molecule has 0 bridgehead atoms. The van der Waals surface area contributed by atoms with E-state index >= 15 is 0 Å². The Kier molecular flexibility index (Phi) is 5.90. The monoisotopic (exact) mass is 376 g/mol. The average molecular weight is 376 g/mol. The number of ketones is 1. The number of hydrogen-bond acceptors (Lipinski definition) is 5. The molecule has 0 amide bonds. The Morgan fingerprint density at radius 2 is 1.85 bits per heavy atom. The van der Waals surface area contributed by atoms with Crippen molar-refractivity contribution < 1.29 is 32.5 Å². The quantitative estimate of drug-likeness (QED) is 0.554. The number of carbonyl (C=O) groups excluding carboxylic acids is 1. The maximum Gasteiger partial charge on any atom is 0.387 e. The Labute approximate surface area is 155 Å². The fourth-order valence-electron chi connectivity index (χ4n) is 2.57. The minimum Gasteiger partial charge on any atom is -0.493 e. The number of rotatable bonds is 6. The number of allylic oxidation sites excluding steroid dienone is 1. The third-order valence-electron chi connectivity index (χ3n) is 3.86. The largest absolute Gasteiger partial charge is 0.493 e. The molecule has 1 aliphatic heterocycles. The Morgan fingerprint density at radius 1 is 1.07 bits per heavy atom. The summed E-state index contributed by atoms with van der Waals surface area (Å²) in [5.74, 6) is 0.970. The molecule has 2 aromatic carbocycles. The van der Waals surface area contributed by atoms with Gasteiger partial charge in [-0.25, -0.2) is 0 Å². The highest BCUT2D eigenvalue weighted by atomic mass is 19.3. The predicted molar refractivity (Wildman–Crippen MR) is 95.0 cm³/mol. The molecule has 0 N–H and O–H groups in total. The maximum atomic E-state index is 12.5. The molecule has 0 aromatic heterocycles. The van der Waals surface area contributed by atoms with E-state index in [-0.39, 0.29) is 17.3 Å². The molecule has 0 radical (unpaired) electrons. The number of alkyl halides is 2. The third kappa shape index (κ3) is 4.75. The average Bonchev–Trinajstić information content (AvgIpc) is 2.90. The predicted octanol–water partition coefficient (Wildman–Crippen LogP) is 4.35. The Morgan fingerprint density at radius 3 is 2.59 bits per heavy atom. The second-order valence-electron chi connectivity index (χ2n) is 5.70. The minimum atomic E-state index is -2.97. The van der Waals surface area contributed by atoms with Crippen molar-refractivity contribution in [2.45, 2.75) is 13.0 Å². The minimum absolute atomic E-state index is 0.0994. The molecule has 0 spiro atoms. The van der Waals surface area contributed by atoms with Crippen LogP contribution < -0.4 is 18.9 Å². The van der Waals surface area contributed by atoms with Crippen molar-refractivity contribution in [1.82, 2.24) is 0 Å². The van der Waals surface area contributed by atoms with Gasteiger partial charge < -0.3 is 18.9 Å². The fraction of sp³-hybridized carbons (Fsp3) is 0.250. The molecular weight excluding hydrogens is 358 g/mol. The van der Waals surface area contributed by atoms with Gasteiger partial charge in [-0.05, 0) is 42.0 Å². The fourth-order valence-corrected chi connectivity index (χ4v) is 2.57. The normalized spacial score (nSPS) is 13.5. The summed E-state index contributed by atoms with van der Waals surface area (Å²) in [6.45, 7) is -1.87. The van der Waals surface area contributed by atoms with Gasteiger partial charge in [0.15, 0.2) is 28.8 Å². The summed E-state index contributed by atoms with van der Waals surface area (Å²) in [5.41, 5.74) is 0.960. The Hall–Kier alpha value is -3.09. The molecule has 27 heavy (non-hydrogen) atoms. The van der Waals surface area contributed by atoms with Gasteiger partial charge in [0.05, 0.1) is 20.3 Å². The molecule has 5 nitrogen and oxygen atoms in total. The van der Waals surface area contributed by atoms with E-state index in [1.807, 2.05) is 0 Å². The van der Waals surface area contributed by atoms with E-state index in [9.17, 15) is 13.6 Å². The first-order valence-electron chi connectivity index (χ1n) is 8.32. The van der Waals surface area contributed by atoms with E-state index in [0.717, 1.165) is 6.42 Å². The first kappa shape index (κ1) is 18.7. The van der Waals surface area contributed by atoms with Crippen LogP contribution in [0.4, 0.5) is 8.78 Å². The molecule has 0 aliphatic carbocycles. The molecule has 2 aromatic rings. The van der Waals surface area contributed by atoms with Crippen LogP contribution in [-0.4, -0.2) is 32.7 Å². The van der Waals surface area contributed by atoms with E-state index < -0.39 is 6.61 Å². The molecule has 7 heteroatoms. The molecule has 0 fully saturated rings. The smallest absolute Gasteiger partial charge is 0.387 e. The van der Waals surface area contributed by atoms with Crippen molar-refractivity contribution in [1.29, 1.82) is 0 Å². The van der Waals surface area contributed by atoms with E-state index in [2.05, 4.69) is 4.74 Å². The molecular formula is C20H18F2O5. The second kappa shape index (κ2) is 8.53. The van der Waals surface area contributed by atoms with Crippen LogP contribution in [-0.2, 0) is 0 Å².